The Morgan fingerprint density at radius 2 is 1.92 bits per heavy atom. The minimum atomic E-state index is -4.44. The topological polar surface area (TPSA) is 43.6 Å². The van der Waals surface area contributed by atoms with Crippen molar-refractivity contribution in [2.24, 2.45) is 0 Å². The fraction of sp³-hybridized carbons (Fsp3) is 0.316. The van der Waals surface area contributed by atoms with Gasteiger partial charge in [-0.05, 0) is 25.1 Å². The molecule has 0 atom stereocenters. The van der Waals surface area contributed by atoms with E-state index in [1.54, 1.807) is 12.4 Å². The maximum atomic E-state index is 13.2. The van der Waals surface area contributed by atoms with Crippen molar-refractivity contribution in [1.29, 1.82) is 0 Å². The molecule has 4 nitrogen and oxygen atoms in total. The number of pyridine rings is 2. The maximum absolute atomic E-state index is 13.2. The number of aromatic nitrogens is 4. The number of rotatable bonds is 4. The van der Waals surface area contributed by atoms with E-state index in [-0.39, 0.29) is 11.6 Å². The molecule has 136 valence electrons. The first-order valence-electron chi connectivity index (χ1n) is 8.27. The van der Waals surface area contributed by atoms with E-state index in [2.05, 4.69) is 15.0 Å². The predicted molar refractivity (Wildman–Crippen MR) is 92.6 cm³/mol. The van der Waals surface area contributed by atoms with Crippen molar-refractivity contribution in [1.82, 2.24) is 19.5 Å². The highest BCUT2D eigenvalue weighted by Crippen LogP contribution is 2.33. The molecule has 0 radical (unpaired) electrons. The summed E-state index contributed by atoms with van der Waals surface area (Å²) in [5, 5.41) is 0. The summed E-state index contributed by atoms with van der Waals surface area (Å²) in [6.45, 7) is 5.85. The molecule has 0 aromatic carbocycles. The van der Waals surface area contributed by atoms with Crippen molar-refractivity contribution >= 4 is 0 Å². The fourth-order valence-electron chi connectivity index (χ4n) is 2.78. The molecule has 0 saturated carbocycles. The molecule has 26 heavy (non-hydrogen) atoms. The standard InChI is InChI=1S/C19H19F3N4/c1-12(2)18-25-17(11-26(18)10-15-6-4-5-7-23-15)14-8-16(19(20,21)22)13(3)24-9-14/h4-9,11-12H,10H2,1-3H3. The lowest BCUT2D eigenvalue weighted by Crippen LogP contribution is -2.09. The van der Waals surface area contributed by atoms with Gasteiger partial charge in [-0.15, -0.1) is 0 Å². The van der Waals surface area contributed by atoms with Gasteiger partial charge in [0.2, 0.25) is 0 Å². The predicted octanol–water partition coefficient (Wildman–Crippen LogP) is 4.84. The second-order valence-corrected chi connectivity index (χ2v) is 6.44. The summed E-state index contributed by atoms with van der Waals surface area (Å²) in [7, 11) is 0. The van der Waals surface area contributed by atoms with Gasteiger partial charge in [-0.25, -0.2) is 4.98 Å². The monoisotopic (exact) mass is 360 g/mol. The van der Waals surface area contributed by atoms with Crippen LogP contribution in [0.1, 0.15) is 42.5 Å². The van der Waals surface area contributed by atoms with Gasteiger partial charge in [-0.3, -0.25) is 9.97 Å². The van der Waals surface area contributed by atoms with Crippen LogP contribution in [0.4, 0.5) is 13.2 Å². The molecular formula is C19H19F3N4. The molecule has 3 heterocycles. The van der Waals surface area contributed by atoms with Crippen LogP contribution < -0.4 is 0 Å². The van der Waals surface area contributed by atoms with E-state index in [0.717, 1.165) is 17.6 Å². The number of hydrogen-bond acceptors (Lipinski definition) is 3. The molecule has 0 unspecified atom stereocenters. The van der Waals surface area contributed by atoms with Crippen molar-refractivity contribution < 1.29 is 13.2 Å². The molecule has 0 aliphatic rings. The third kappa shape index (κ3) is 3.76. The molecule has 0 N–H and O–H groups in total. The number of halogens is 3. The van der Waals surface area contributed by atoms with E-state index >= 15 is 0 Å². The van der Waals surface area contributed by atoms with Crippen LogP contribution >= 0.6 is 0 Å². The summed E-state index contributed by atoms with van der Waals surface area (Å²) in [5.74, 6) is 0.910. The van der Waals surface area contributed by atoms with E-state index < -0.39 is 11.7 Å². The van der Waals surface area contributed by atoms with Crippen molar-refractivity contribution in [3.63, 3.8) is 0 Å². The Morgan fingerprint density at radius 1 is 1.15 bits per heavy atom. The van der Waals surface area contributed by atoms with E-state index in [0.29, 0.717) is 17.8 Å². The summed E-state index contributed by atoms with van der Waals surface area (Å²) in [5.41, 5.74) is 0.905. The molecule has 3 rings (SSSR count). The van der Waals surface area contributed by atoms with Gasteiger partial charge in [-0.2, -0.15) is 13.2 Å². The van der Waals surface area contributed by atoms with Gasteiger partial charge in [0.15, 0.2) is 0 Å². The Bertz CT molecular complexity index is 899. The molecule has 0 amide bonds. The van der Waals surface area contributed by atoms with E-state index in [9.17, 15) is 13.2 Å². The number of imidazole rings is 1. The van der Waals surface area contributed by atoms with Crippen LogP contribution in [0.15, 0.2) is 42.9 Å². The lowest BCUT2D eigenvalue weighted by atomic mass is 10.1. The van der Waals surface area contributed by atoms with Crippen molar-refractivity contribution in [2.45, 2.75) is 39.4 Å². The molecule has 0 saturated heterocycles. The highest BCUT2D eigenvalue weighted by molar-refractivity contribution is 5.59. The molecule has 0 fully saturated rings. The molecule has 3 aromatic heterocycles. The van der Waals surface area contributed by atoms with Crippen LogP contribution in [0.25, 0.3) is 11.3 Å². The largest absolute Gasteiger partial charge is 0.418 e. The summed E-state index contributed by atoms with van der Waals surface area (Å²) < 4.78 is 41.4. The van der Waals surface area contributed by atoms with Crippen molar-refractivity contribution in [3.8, 4) is 11.3 Å². The quantitative estimate of drug-likeness (QED) is 0.669. The van der Waals surface area contributed by atoms with Gasteiger partial charge in [0, 0.05) is 35.8 Å². The van der Waals surface area contributed by atoms with Crippen molar-refractivity contribution in [2.75, 3.05) is 0 Å². The number of aryl methyl sites for hydroxylation is 1. The van der Waals surface area contributed by atoms with E-state index in [1.165, 1.54) is 13.1 Å². The third-order valence-electron chi connectivity index (χ3n) is 4.07. The zero-order chi connectivity index (χ0) is 18.9. The Balaban J connectivity index is 2.03. The summed E-state index contributed by atoms with van der Waals surface area (Å²) >= 11 is 0. The van der Waals surface area contributed by atoms with E-state index in [1.807, 2.05) is 36.6 Å². The molecule has 0 spiro atoms. The van der Waals surface area contributed by atoms with Gasteiger partial charge in [-0.1, -0.05) is 19.9 Å². The highest BCUT2D eigenvalue weighted by atomic mass is 19.4. The average Bonchev–Trinajstić information content (AvgIpc) is 2.99. The van der Waals surface area contributed by atoms with E-state index in [4.69, 9.17) is 0 Å². The van der Waals surface area contributed by atoms with Crippen LogP contribution in [-0.2, 0) is 12.7 Å². The van der Waals surface area contributed by atoms with Gasteiger partial charge >= 0.3 is 6.18 Å². The van der Waals surface area contributed by atoms with Crippen LogP contribution in [-0.4, -0.2) is 19.5 Å². The summed E-state index contributed by atoms with van der Waals surface area (Å²) in [6, 6.07) is 6.75. The van der Waals surface area contributed by atoms with Crippen molar-refractivity contribution in [3.05, 3.63) is 65.6 Å². The normalized spacial score (nSPS) is 12.0. The van der Waals surface area contributed by atoms with Crippen LogP contribution in [0.5, 0.6) is 0 Å². The lowest BCUT2D eigenvalue weighted by Gasteiger charge is -2.10. The Hall–Kier alpha value is -2.70. The number of nitrogens with zero attached hydrogens (tertiary/aromatic N) is 4. The first kappa shape index (κ1) is 18.1. The molecular weight excluding hydrogens is 341 g/mol. The Morgan fingerprint density at radius 3 is 2.54 bits per heavy atom. The van der Waals surface area contributed by atoms with Crippen LogP contribution in [0, 0.1) is 6.92 Å². The second kappa shape index (κ2) is 6.90. The summed E-state index contributed by atoms with van der Waals surface area (Å²) in [6.07, 6.45) is 0.463. The lowest BCUT2D eigenvalue weighted by molar-refractivity contribution is -0.138. The number of hydrogen-bond donors (Lipinski definition) is 0. The zero-order valence-corrected chi connectivity index (χ0v) is 14.7. The van der Waals surface area contributed by atoms with Gasteiger partial charge in [0.1, 0.15) is 5.82 Å². The molecule has 7 heteroatoms. The number of alkyl halides is 3. The summed E-state index contributed by atoms with van der Waals surface area (Å²) in [4.78, 5) is 12.8. The molecule has 0 aliphatic carbocycles. The SMILES string of the molecule is Cc1ncc(-c2cn(Cc3ccccn3)c(C(C)C)n2)cc1C(F)(F)F. The first-order valence-corrected chi connectivity index (χ1v) is 8.27. The minimum absolute atomic E-state index is 0.0433. The Kier molecular flexibility index (Phi) is 4.80. The van der Waals surface area contributed by atoms with Gasteiger partial charge in [0.05, 0.1) is 23.5 Å². The van der Waals surface area contributed by atoms with Gasteiger partial charge < -0.3 is 4.57 Å². The molecule has 3 aromatic rings. The smallest absolute Gasteiger partial charge is 0.328 e. The maximum Gasteiger partial charge on any atom is 0.418 e. The Labute approximate surface area is 149 Å². The fourth-order valence-corrected chi connectivity index (χ4v) is 2.78. The highest BCUT2D eigenvalue weighted by Gasteiger charge is 2.33. The van der Waals surface area contributed by atoms with Gasteiger partial charge in [0.25, 0.3) is 0 Å². The second-order valence-electron chi connectivity index (χ2n) is 6.44. The molecule has 0 aliphatic heterocycles. The third-order valence-corrected chi connectivity index (χ3v) is 4.07. The van der Waals surface area contributed by atoms with Crippen LogP contribution in [0.3, 0.4) is 0 Å². The minimum Gasteiger partial charge on any atom is -0.328 e. The molecule has 0 bridgehead atoms. The first-order chi connectivity index (χ1) is 12.3. The van der Waals surface area contributed by atoms with Crippen LogP contribution in [0.2, 0.25) is 0 Å². The average molecular weight is 360 g/mol. The zero-order valence-electron chi connectivity index (χ0n) is 14.7.